The molecule has 0 unspecified atom stereocenters. The number of carbonyl (C=O) groups is 1. The minimum atomic E-state index is -0.0470. The first kappa shape index (κ1) is 13.5. The molecule has 2 rings (SSSR count). The minimum absolute atomic E-state index is 0.0470. The van der Waals surface area contributed by atoms with Crippen LogP contribution in [-0.4, -0.2) is 27.4 Å². The molecular formula is C13H16N4OS. The van der Waals surface area contributed by atoms with Crippen LogP contribution < -0.4 is 5.73 Å². The van der Waals surface area contributed by atoms with E-state index in [-0.39, 0.29) is 5.91 Å². The Kier molecular flexibility index (Phi) is 4.11. The van der Waals surface area contributed by atoms with Crippen LogP contribution in [0.25, 0.3) is 0 Å². The van der Waals surface area contributed by atoms with Crippen molar-refractivity contribution in [1.29, 1.82) is 0 Å². The second-order valence-electron chi connectivity index (χ2n) is 4.31. The van der Waals surface area contributed by atoms with E-state index < -0.39 is 0 Å². The zero-order valence-electron chi connectivity index (χ0n) is 11.0. The van der Waals surface area contributed by atoms with Gasteiger partial charge in [0.1, 0.15) is 4.88 Å². The second-order valence-corrected chi connectivity index (χ2v) is 5.06. The Bertz CT molecular complexity index is 582. The summed E-state index contributed by atoms with van der Waals surface area (Å²) in [6, 6.07) is 7.53. The third-order valence-corrected chi connectivity index (χ3v) is 3.56. The van der Waals surface area contributed by atoms with Gasteiger partial charge in [0.15, 0.2) is 0 Å². The lowest BCUT2D eigenvalue weighted by molar-refractivity contribution is 0.0788. The number of anilines is 1. The van der Waals surface area contributed by atoms with Gasteiger partial charge in [0.25, 0.3) is 5.91 Å². The van der Waals surface area contributed by atoms with Crippen molar-refractivity contribution in [3.05, 3.63) is 40.4 Å². The van der Waals surface area contributed by atoms with E-state index in [0.29, 0.717) is 23.5 Å². The van der Waals surface area contributed by atoms with E-state index >= 15 is 0 Å². The Labute approximate surface area is 116 Å². The van der Waals surface area contributed by atoms with Crippen LogP contribution in [0.2, 0.25) is 0 Å². The number of aryl methyl sites for hydroxylation is 1. The standard InChI is InChI=1S/C13H16N4OS/c1-3-11-12(19-16-15-11)13(18)17(2)8-9-5-4-6-10(14)7-9/h4-7H,3,8,14H2,1-2H3. The van der Waals surface area contributed by atoms with Crippen molar-refractivity contribution in [3.63, 3.8) is 0 Å². The largest absolute Gasteiger partial charge is 0.399 e. The number of aromatic nitrogens is 2. The monoisotopic (exact) mass is 276 g/mol. The first-order chi connectivity index (χ1) is 9.11. The van der Waals surface area contributed by atoms with Crippen LogP contribution in [0.3, 0.4) is 0 Å². The molecule has 19 heavy (non-hydrogen) atoms. The van der Waals surface area contributed by atoms with Gasteiger partial charge in [-0.15, -0.1) is 5.10 Å². The molecule has 2 aromatic rings. The number of benzene rings is 1. The van der Waals surface area contributed by atoms with Crippen LogP contribution in [0.5, 0.6) is 0 Å². The molecule has 1 aromatic carbocycles. The molecule has 0 saturated carbocycles. The number of carbonyl (C=O) groups excluding carboxylic acids is 1. The molecule has 0 bridgehead atoms. The summed E-state index contributed by atoms with van der Waals surface area (Å²) in [6.07, 6.45) is 0.712. The second kappa shape index (κ2) is 5.79. The Morgan fingerprint density at radius 2 is 2.26 bits per heavy atom. The highest BCUT2D eigenvalue weighted by molar-refractivity contribution is 7.07. The van der Waals surface area contributed by atoms with Gasteiger partial charge < -0.3 is 10.6 Å². The Morgan fingerprint density at radius 3 is 2.95 bits per heavy atom. The van der Waals surface area contributed by atoms with Crippen molar-refractivity contribution < 1.29 is 4.79 Å². The van der Waals surface area contributed by atoms with Gasteiger partial charge in [-0.1, -0.05) is 23.5 Å². The summed E-state index contributed by atoms with van der Waals surface area (Å²) in [7, 11) is 1.77. The van der Waals surface area contributed by atoms with Crippen molar-refractivity contribution in [3.8, 4) is 0 Å². The van der Waals surface area contributed by atoms with Gasteiger partial charge in [-0.05, 0) is 35.6 Å². The third kappa shape index (κ3) is 3.08. The predicted molar refractivity (Wildman–Crippen MR) is 75.9 cm³/mol. The van der Waals surface area contributed by atoms with E-state index in [9.17, 15) is 4.79 Å². The normalized spacial score (nSPS) is 10.4. The number of amides is 1. The van der Waals surface area contributed by atoms with E-state index in [0.717, 1.165) is 22.8 Å². The van der Waals surface area contributed by atoms with Crippen molar-refractivity contribution in [2.24, 2.45) is 0 Å². The first-order valence-electron chi connectivity index (χ1n) is 6.03. The molecule has 0 radical (unpaired) electrons. The highest BCUT2D eigenvalue weighted by Gasteiger charge is 2.19. The predicted octanol–water partition coefficient (Wildman–Crippen LogP) is 1.95. The van der Waals surface area contributed by atoms with E-state index in [1.54, 1.807) is 11.9 Å². The van der Waals surface area contributed by atoms with Gasteiger partial charge in [0, 0.05) is 19.3 Å². The number of hydrogen-bond acceptors (Lipinski definition) is 5. The van der Waals surface area contributed by atoms with Crippen LogP contribution in [-0.2, 0) is 13.0 Å². The number of hydrogen-bond donors (Lipinski definition) is 1. The Balaban J connectivity index is 2.12. The summed E-state index contributed by atoms with van der Waals surface area (Å²) in [5.74, 6) is -0.0470. The van der Waals surface area contributed by atoms with E-state index in [1.165, 1.54) is 0 Å². The Morgan fingerprint density at radius 1 is 1.47 bits per heavy atom. The highest BCUT2D eigenvalue weighted by atomic mass is 32.1. The lowest BCUT2D eigenvalue weighted by Crippen LogP contribution is -2.26. The van der Waals surface area contributed by atoms with Gasteiger partial charge in [-0.25, -0.2) is 0 Å². The molecule has 5 nitrogen and oxygen atoms in total. The maximum Gasteiger partial charge on any atom is 0.267 e. The van der Waals surface area contributed by atoms with Gasteiger partial charge in [0.05, 0.1) is 5.69 Å². The SMILES string of the molecule is CCc1nnsc1C(=O)N(C)Cc1cccc(N)c1. The summed E-state index contributed by atoms with van der Waals surface area (Å²) in [6.45, 7) is 2.48. The van der Waals surface area contributed by atoms with E-state index in [4.69, 9.17) is 5.73 Å². The fourth-order valence-corrected chi connectivity index (χ4v) is 2.56. The fourth-order valence-electron chi connectivity index (χ4n) is 1.81. The van der Waals surface area contributed by atoms with Crippen molar-refractivity contribution >= 4 is 23.1 Å². The molecule has 1 heterocycles. The van der Waals surface area contributed by atoms with Crippen LogP contribution in [0.15, 0.2) is 24.3 Å². The molecule has 1 aromatic heterocycles. The summed E-state index contributed by atoms with van der Waals surface area (Å²) in [4.78, 5) is 14.6. The van der Waals surface area contributed by atoms with Gasteiger partial charge in [0.2, 0.25) is 0 Å². The van der Waals surface area contributed by atoms with Crippen molar-refractivity contribution in [1.82, 2.24) is 14.5 Å². The van der Waals surface area contributed by atoms with Gasteiger partial charge in [-0.2, -0.15) is 0 Å². The lowest BCUT2D eigenvalue weighted by Gasteiger charge is -2.16. The molecule has 0 atom stereocenters. The molecule has 2 N–H and O–H groups in total. The summed E-state index contributed by atoms with van der Waals surface area (Å²) >= 11 is 1.15. The van der Waals surface area contributed by atoms with Crippen molar-refractivity contribution in [2.75, 3.05) is 12.8 Å². The third-order valence-electron chi connectivity index (χ3n) is 2.80. The molecular weight excluding hydrogens is 260 g/mol. The molecule has 0 spiro atoms. The summed E-state index contributed by atoms with van der Waals surface area (Å²) < 4.78 is 3.84. The number of nitrogen functional groups attached to an aromatic ring is 1. The Hall–Kier alpha value is -1.95. The maximum absolute atomic E-state index is 12.3. The van der Waals surface area contributed by atoms with Crippen molar-refractivity contribution in [2.45, 2.75) is 19.9 Å². The summed E-state index contributed by atoms with van der Waals surface area (Å²) in [5.41, 5.74) is 8.19. The quantitative estimate of drug-likeness (QED) is 0.866. The maximum atomic E-state index is 12.3. The van der Waals surface area contributed by atoms with Crippen LogP contribution >= 0.6 is 11.5 Å². The number of nitrogens with two attached hydrogens (primary N) is 1. The van der Waals surface area contributed by atoms with Gasteiger partial charge in [-0.3, -0.25) is 4.79 Å². The molecule has 0 aliphatic heterocycles. The zero-order valence-corrected chi connectivity index (χ0v) is 11.8. The van der Waals surface area contributed by atoms with Crippen LogP contribution in [0.1, 0.15) is 27.9 Å². The van der Waals surface area contributed by atoms with E-state index in [1.807, 2.05) is 31.2 Å². The first-order valence-corrected chi connectivity index (χ1v) is 6.80. The molecule has 100 valence electrons. The summed E-state index contributed by atoms with van der Waals surface area (Å²) in [5, 5.41) is 3.96. The number of rotatable bonds is 4. The molecule has 6 heteroatoms. The zero-order chi connectivity index (χ0) is 13.8. The minimum Gasteiger partial charge on any atom is -0.399 e. The lowest BCUT2D eigenvalue weighted by atomic mass is 10.2. The average Bonchev–Trinajstić information content (AvgIpc) is 2.86. The fraction of sp³-hybridized carbons (Fsp3) is 0.308. The van der Waals surface area contributed by atoms with E-state index in [2.05, 4.69) is 9.59 Å². The molecule has 0 fully saturated rings. The molecule has 1 amide bonds. The van der Waals surface area contributed by atoms with Crippen LogP contribution in [0.4, 0.5) is 5.69 Å². The molecule has 0 aliphatic carbocycles. The molecule has 0 aliphatic rings. The topological polar surface area (TPSA) is 72.1 Å². The van der Waals surface area contributed by atoms with Gasteiger partial charge >= 0.3 is 0 Å². The number of nitrogens with zero attached hydrogens (tertiary/aromatic N) is 3. The molecule has 0 saturated heterocycles. The van der Waals surface area contributed by atoms with Crippen LogP contribution in [0, 0.1) is 0 Å². The highest BCUT2D eigenvalue weighted by Crippen LogP contribution is 2.16. The smallest absolute Gasteiger partial charge is 0.267 e. The average molecular weight is 276 g/mol.